The lowest BCUT2D eigenvalue weighted by Crippen LogP contribution is -2.37. The second-order valence-corrected chi connectivity index (χ2v) is 10.4. The molecule has 3 aromatic rings. The second-order valence-electron chi connectivity index (χ2n) is 10.4. The largest absolute Gasteiger partial charge is 0.493 e. The molecule has 234 valence electrons. The summed E-state index contributed by atoms with van der Waals surface area (Å²) in [6.45, 7) is 9.77. The highest BCUT2D eigenvalue weighted by molar-refractivity contribution is 5.67. The SMILES string of the molecule is CCN(CCOc1cc(CCC(=O)O)ccc1OC)C(C)Cc1cc(C)cc(OCCOc2ccc(CN)cc2OC)c1. The molecule has 1 unspecified atom stereocenters. The number of carbonyl (C=O) groups is 1. The number of methoxy groups -OCH3 is 2. The molecule has 3 N–H and O–H groups in total. The van der Waals surface area contributed by atoms with Gasteiger partial charge in [-0.15, -0.1) is 0 Å². The van der Waals surface area contributed by atoms with Crippen LogP contribution < -0.4 is 29.4 Å². The quantitative estimate of drug-likeness (QED) is 0.179. The molecule has 0 aliphatic carbocycles. The number of carboxylic acids is 1. The molecule has 0 radical (unpaired) electrons. The van der Waals surface area contributed by atoms with Gasteiger partial charge in [0.25, 0.3) is 0 Å². The number of nitrogens with two attached hydrogens (primary N) is 1. The fourth-order valence-corrected chi connectivity index (χ4v) is 4.97. The van der Waals surface area contributed by atoms with Crippen LogP contribution in [0.15, 0.2) is 54.6 Å². The molecule has 43 heavy (non-hydrogen) atoms. The van der Waals surface area contributed by atoms with E-state index < -0.39 is 5.97 Å². The van der Waals surface area contributed by atoms with Crippen molar-refractivity contribution in [2.75, 3.05) is 47.1 Å². The zero-order valence-corrected chi connectivity index (χ0v) is 26.1. The number of rotatable bonds is 19. The van der Waals surface area contributed by atoms with Gasteiger partial charge < -0.3 is 34.5 Å². The van der Waals surface area contributed by atoms with Crippen LogP contribution in [0.1, 0.15) is 42.5 Å². The third-order valence-corrected chi connectivity index (χ3v) is 7.24. The van der Waals surface area contributed by atoms with Crippen molar-refractivity contribution >= 4 is 5.97 Å². The zero-order chi connectivity index (χ0) is 31.2. The van der Waals surface area contributed by atoms with Crippen molar-refractivity contribution in [3.05, 3.63) is 76.9 Å². The van der Waals surface area contributed by atoms with Crippen LogP contribution in [0.5, 0.6) is 28.7 Å². The lowest BCUT2D eigenvalue weighted by atomic mass is 10.0. The molecule has 0 aliphatic rings. The van der Waals surface area contributed by atoms with E-state index in [1.807, 2.05) is 42.5 Å². The summed E-state index contributed by atoms with van der Waals surface area (Å²) in [5, 5.41) is 9.00. The van der Waals surface area contributed by atoms with Gasteiger partial charge in [-0.25, -0.2) is 0 Å². The smallest absolute Gasteiger partial charge is 0.303 e. The van der Waals surface area contributed by atoms with Crippen LogP contribution in [0.2, 0.25) is 0 Å². The third-order valence-electron chi connectivity index (χ3n) is 7.24. The van der Waals surface area contributed by atoms with Gasteiger partial charge in [0.1, 0.15) is 25.6 Å². The standard InChI is InChI=1S/C34H46N2O7/c1-6-36(13-14-42-33-21-26(9-12-34(37)38)7-10-30(33)39-4)25(3)19-28-17-24(2)18-29(20-28)41-15-16-43-31-11-8-27(23-35)22-32(31)40-5/h7-8,10-11,17-18,20-22,25H,6,9,12-16,19,23,35H2,1-5H3,(H,37,38). The topological polar surface area (TPSA) is 113 Å². The highest BCUT2D eigenvalue weighted by Crippen LogP contribution is 2.29. The number of hydrogen-bond acceptors (Lipinski definition) is 8. The number of likely N-dealkylation sites (N-methyl/N-ethyl adjacent to an activating group) is 1. The molecule has 9 heteroatoms. The lowest BCUT2D eigenvalue weighted by Gasteiger charge is -2.28. The van der Waals surface area contributed by atoms with Crippen molar-refractivity contribution in [1.29, 1.82) is 0 Å². The molecule has 0 bridgehead atoms. The molecule has 0 saturated carbocycles. The van der Waals surface area contributed by atoms with E-state index in [1.165, 1.54) is 5.56 Å². The number of aryl methyl sites for hydroxylation is 2. The van der Waals surface area contributed by atoms with E-state index in [2.05, 4.69) is 37.8 Å². The van der Waals surface area contributed by atoms with Gasteiger partial charge >= 0.3 is 5.97 Å². The van der Waals surface area contributed by atoms with E-state index in [1.54, 1.807) is 14.2 Å². The van der Waals surface area contributed by atoms with E-state index in [0.29, 0.717) is 55.8 Å². The van der Waals surface area contributed by atoms with Crippen molar-refractivity contribution in [3.8, 4) is 28.7 Å². The minimum Gasteiger partial charge on any atom is -0.493 e. The minimum atomic E-state index is -0.821. The molecule has 0 aromatic heterocycles. The zero-order valence-electron chi connectivity index (χ0n) is 26.1. The summed E-state index contributed by atoms with van der Waals surface area (Å²) in [4.78, 5) is 13.3. The normalized spacial score (nSPS) is 11.7. The third kappa shape index (κ3) is 10.7. The summed E-state index contributed by atoms with van der Waals surface area (Å²) < 4.78 is 28.9. The van der Waals surface area contributed by atoms with Gasteiger partial charge in [-0.1, -0.05) is 25.1 Å². The number of carboxylic acid groups (broad SMARTS) is 1. The Labute approximate surface area is 255 Å². The molecular weight excluding hydrogens is 548 g/mol. The molecule has 0 saturated heterocycles. The Morgan fingerprint density at radius 3 is 2.21 bits per heavy atom. The Hall–Kier alpha value is -3.95. The predicted molar refractivity (Wildman–Crippen MR) is 168 cm³/mol. The maximum atomic E-state index is 11.0. The van der Waals surface area contributed by atoms with Gasteiger partial charge in [0.2, 0.25) is 0 Å². The Morgan fingerprint density at radius 1 is 0.837 bits per heavy atom. The van der Waals surface area contributed by atoms with Crippen LogP contribution in [0.4, 0.5) is 0 Å². The van der Waals surface area contributed by atoms with E-state index in [9.17, 15) is 4.79 Å². The molecule has 0 amide bonds. The Balaban J connectivity index is 1.52. The number of aliphatic carboxylic acids is 1. The van der Waals surface area contributed by atoms with E-state index >= 15 is 0 Å². The molecule has 3 aromatic carbocycles. The van der Waals surface area contributed by atoms with E-state index in [0.717, 1.165) is 42.0 Å². The fraction of sp³-hybridized carbons (Fsp3) is 0.441. The Morgan fingerprint density at radius 2 is 1.51 bits per heavy atom. The van der Waals surface area contributed by atoms with Crippen LogP contribution in [0, 0.1) is 6.92 Å². The van der Waals surface area contributed by atoms with Gasteiger partial charge in [0.15, 0.2) is 23.0 Å². The lowest BCUT2D eigenvalue weighted by molar-refractivity contribution is -0.136. The maximum absolute atomic E-state index is 11.0. The van der Waals surface area contributed by atoms with Gasteiger partial charge in [-0.2, -0.15) is 0 Å². The van der Waals surface area contributed by atoms with Crippen molar-refractivity contribution in [2.45, 2.75) is 52.6 Å². The maximum Gasteiger partial charge on any atom is 0.303 e. The molecular formula is C34H46N2O7. The predicted octanol–water partition coefficient (Wildman–Crippen LogP) is 5.28. The second kappa shape index (κ2) is 17.2. The van der Waals surface area contributed by atoms with Crippen molar-refractivity contribution < 1.29 is 33.6 Å². The Kier molecular flexibility index (Phi) is 13.4. The van der Waals surface area contributed by atoms with Crippen LogP contribution in [-0.4, -0.2) is 69.1 Å². The Bertz CT molecular complexity index is 1310. The number of nitrogens with zero attached hydrogens (tertiary/aromatic N) is 1. The van der Waals surface area contributed by atoms with Crippen LogP contribution in [0.3, 0.4) is 0 Å². The van der Waals surface area contributed by atoms with Crippen LogP contribution >= 0.6 is 0 Å². The number of benzene rings is 3. The van der Waals surface area contributed by atoms with E-state index in [-0.39, 0.29) is 12.5 Å². The molecule has 0 heterocycles. The summed E-state index contributed by atoms with van der Waals surface area (Å²) in [5.41, 5.74) is 9.95. The van der Waals surface area contributed by atoms with Crippen LogP contribution in [0.25, 0.3) is 0 Å². The minimum absolute atomic E-state index is 0.0750. The van der Waals surface area contributed by atoms with Gasteiger partial charge in [-0.05, 0) is 91.9 Å². The van der Waals surface area contributed by atoms with Crippen LogP contribution in [-0.2, 0) is 24.2 Å². The molecule has 0 fully saturated rings. The fourth-order valence-electron chi connectivity index (χ4n) is 4.97. The summed E-state index contributed by atoms with van der Waals surface area (Å²) in [6, 6.07) is 17.9. The number of hydrogen-bond donors (Lipinski definition) is 2. The summed E-state index contributed by atoms with van der Waals surface area (Å²) in [7, 11) is 3.22. The first-order valence-electron chi connectivity index (χ1n) is 14.7. The average molecular weight is 595 g/mol. The van der Waals surface area contributed by atoms with Gasteiger partial charge in [0.05, 0.1) is 14.2 Å². The summed E-state index contributed by atoms with van der Waals surface area (Å²) >= 11 is 0. The summed E-state index contributed by atoms with van der Waals surface area (Å²) in [6.07, 6.45) is 1.38. The molecule has 9 nitrogen and oxygen atoms in total. The molecule has 3 rings (SSSR count). The highest BCUT2D eigenvalue weighted by atomic mass is 16.5. The molecule has 0 spiro atoms. The molecule has 1 atom stereocenters. The van der Waals surface area contributed by atoms with Gasteiger partial charge in [-0.3, -0.25) is 9.69 Å². The first kappa shape index (κ1) is 33.6. The summed E-state index contributed by atoms with van der Waals surface area (Å²) in [5.74, 6) is 2.58. The number of ether oxygens (including phenoxy) is 5. The van der Waals surface area contributed by atoms with Gasteiger partial charge in [0, 0.05) is 25.6 Å². The van der Waals surface area contributed by atoms with E-state index in [4.69, 9.17) is 34.5 Å². The molecule has 0 aliphatic heterocycles. The highest BCUT2D eigenvalue weighted by Gasteiger charge is 2.15. The monoisotopic (exact) mass is 594 g/mol. The first-order valence-corrected chi connectivity index (χ1v) is 14.7. The average Bonchev–Trinajstić information content (AvgIpc) is 3.00. The van der Waals surface area contributed by atoms with Crippen molar-refractivity contribution in [2.24, 2.45) is 5.73 Å². The van der Waals surface area contributed by atoms with Crippen molar-refractivity contribution in [1.82, 2.24) is 4.90 Å². The van der Waals surface area contributed by atoms with Crippen molar-refractivity contribution in [3.63, 3.8) is 0 Å². The first-order chi connectivity index (χ1) is 20.8.